The molecule has 5 heteroatoms. The number of benzene rings is 1. The van der Waals surface area contributed by atoms with Gasteiger partial charge in [0.1, 0.15) is 0 Å². The number of nitrogens with one attached hydrogen (secondary N) is 1. The van der Waals surface area contributed by atoms with Crippen molar-refractivity contribution in [3.05, 3.63) is 58.9 Å². The summed E-state index contributed by atoms with van der Waals surface area (Å²) >= 11 is 5.74. The van der Waals surface area contributed by atoms with Crippen LogP contribution in [0, 0.1) is 6.92 Å². The van der Waals surface area contributed by atoms with Crippen molar-refractivity contribution in [2.24, 2.45) is 0 Å². The summed E-state index contributed by atoms with van der Waals surface area (Å²) in [6, 6.07) is 8.43. The lowest BCUT2D eigenvalue weighted by Crippen LogP contribution is -1.95. The number of hydrogen-bond donors (Lipinski definition) is 1. The van der Waals surface area contributed by atoms with Crippen LogP contribution in [0.3, 0.4) is 0 Å². The van der Waals surface area contributed by atoms with Crippen LogP contribution in [0.2, 0.25) is 5.02 Å². The van der Waals surface area contributed by atoms with Gasteiger partial charge < -0.3 is 9.84 Å². The minimum absolute atomic E-state index is 0.115. The molecule has 18 heavy (non-hydrogen) atoms. The molecule has 0 bridgehead atoms. The molecule has 0 atom stereocenters. The minimum atomic E-state index is -0.115. The number of carbonyl (C=O) groups is 1. The highest BCUT2D eigenvalue weighted by Crippen LogP contribution is 2.11. The number of ketones is 1. The quantitative estimate of drug-likeness (QED) is 0.677. The highest BCUT2D eigenvalue weighted by Gasteiger charge is 2.01. The molecular weight excluding hydrogens is 252 g/mol. The van der Waals surface area contributed by atoms with Gasteiger partial charge in [-0.15, -0.1) is 0 Å². The number of halogens is 1. The molecule has 0 aliphatic heterocycles. The summed E-state index contributed by atoms with van der Waals surface area (Å²) in [7, 11) is 0. The number of rotatable bonds is 4. The van der Waals surface area contributed by atoms with Crippen LogP contribution in [-0.4, -0.2) is 10.9 Å². The average molecular weight is 263 g/mol. The van der Waals surface area contributed by atoms with Crippen molar-refractivity contribution in [2.75, 3.05) is 5.32 Å². The molecule has 4 nitrogen and oxygen atoms in total. The average Bonchev–Trinajstić information content (AvgIpc) is 2.76. The number of aryl methyl sites for hydroxylation is 1. The third kappa shape index (κ3) is 3.21. The van der Waals surface area contributed by atoms with E-state index in [2.05, 4.69) is 10.5 Å². The van der Waals surface area contributed by atoms with Crippen LogP contribution in [-0.2, 0) is 0 Å². The second kappa shape index (κ2) is 5.51. The molecule has 0 saturated carbocycles. The summed E-state index contributed by atoms with van der Waals surface area (Å²) < 4.78 is 4.93. The fourth-order valence-electron chi connectivity index (χ4n) is 1.34. The first-order valence-electron chi connectivity index (χ1n) is 5.31. The molecule has 0 saturated heterocycles. The molecule has 0 amide bonds. The molecule has 0 spiro atoms. The lowest BCUT2D eigenvalue weighted by molar-refractivity contribution is 0.104. The zero-order valence-corrected chi connectivity index (χ0v) is 10.4. The Morgan fingerprint density at radius 3 is 2.72 bits per heavy atom. The first-order chi connectivity index (χ1) is 8.65. The van der Waals surface area contributed by atoms with Gasteiger partial charge >= 0.3 is 0 Å². The van der Waals surface area contributed by atoms with E-state index in [1.807, 2.05) is 6.92 Å². The molecule has 1 N–H and O–H groups in total. The predicted molar refractivity (Wildman–Crippen MR) is 69.8 cm³/mol. The second-order valence-electron chi connectivity index (χ2n) is 3.68. The molecule has 0 unspecified atom stereocenters. The molecule has 92 valence electrons. The number of aromatic nitrogens is 1. The number of anilines is 1. The van der Waals surface area contributed by atoms with Crippen molar-refractivity contribution in [3.8, 4) is 0 Å². The molecule has 2 aromatic rings. The van der Waals surface area contributed by atoms with E-state index >= 15 is 0 Å². The van der Waals surface area contributed by atoms with E-state index < -0.39 is 0 Å². The maximum Gasteiger partial charge on any atom is 0.228 e. The zero-order valence-electron chi connectivity index (χ0n) is 9.68. The van der Waals surface area contributed by atoms with Crippen molar-refractivity contribution in [2.45, 2.75) is 6.92 Å². The van der Waals surface area contributed by atoms with E-state index in [0.29, 0.717) is 16.5 Å². The first-order valence-corrected chi connectivity index (χ1v) is 5.69. The summed E-state index contributed by atoms with van der Waals surface area (Å²) in [5.41, 5.74) is 1.35. The summed E-state index contributed by atoms with van der Waals surface area (Å²) in [6.07, 6.45) is 2.93. The van der Waals surface area contributed by atoms with Crippen LogP contribution in [0.5, 0.6) is 0 Å². The number of carbonyl (C=O) groups excluding carboxylic acids is 1. The van der Waals surface area contributed by atoms with Gasteiger partial charge in [-0.25, -0.2) is 0 Å². The predicted octanol–water partition coefficient (Wildman–Crippen LogP) is 3.44. The van der Waals surface area contributed by atoms with E-state index in [1.54, 1.807) is 30.3 Å². The Balaban J connectivity index is 1.97. The van der Waals surface area contributed by atoms with E-state index in [9.17, 15) is 4.79 Å². The van der Waals surface area contributed by atoms with Gasteiger partial charge in [0.15, 0.2) is 5.78 Å². The number of hydrogen-bond acceptors (Lipinski definition) is 4. The van der Waals surface area contributed by atoms with Gasteiger partial charge in [0.05, 0.1) is 5.69 Å². The van der Waals surface area contributed by atoms with Crippen molar-refractivity contribution in [3.63, 3.8) is 0 Å². The van der Waals surface area contributed by atoms with Crippen molar-refractivity contribution in [1.29, 1.82) is 0 Å². The van der Waals surface area contributed by atoms with Gasteiger partial charge in [0.25, 0.3) is 0 Å². The van der Waals surface area contributed by atoms with Gasteiger partial charge in [-0.05, 0) is 31.2 Å². The van der Waals surface area contributed by atoms with E-state index in [1.165, 1.54) is 12.3 Å². The van der Waals surface area contributed by atoms with Crippen LogP contribution in [0.25, 0.3) is 0 Å². The van der Waals surface area contributed by atoms with E-state index in [-0.39, 0.29) is 5.78 Å². The smallest absolute Gasteiger partial charge is 0.228 e. The van der Waals surface area contributed by atoms with Crippen LogP contribution in [0.1, 0.15) is 16.1 Å². The third-order valence-corrected chi connectivity index (χ3v) is 2.47. The van der Waals surface area contributed by atoms with Crippen LogP contribution < -0.4 is 5.32 Å². The van der Waals surface area contributed by atoms with Gasteiger partial charge in [0, 0.05) is 28.9 Å². The van der Waals surface area contributed by atoms with Crippen molar-refractivity contribution < 1.29 is 9.32 Å². The molecule has 1 heterocycles. The maximum atomic E-state index is 11.7. The monoisotopic (exact) mass is 262 g/mol. The fraction of sp³-hybridized carbons (Fsp3) is 0.0769. The highest BCUT2D eigenvalue weighted by atomic mass is 35.5. The Labute approximate surface area is 109 Å². The molecular formula is C13H11ClN2O2. The topological polar surface area (TPSA) is 55.1 Å². The Bertz CT molecular complexity index is 573. The Kier molecular flexibility index (Phi) is 3.79. The Morgan fingerprint density at radius 1 is 1.39 bits per heavy atom. The lowest BCUT2D eigenvalue weighted by Gasteiger charge is -1.96. The van der Waals surface area contributed by atoms with Crippen LogP contribution in [0.15, 0.2) is 47.1 Å². The van der Waals surface area contributed by atoms with E-state index in [4.69, 9.17) is 16.1 Å². The minimum Gasteiger partial charge on any atom is -0.338 e. The van der Waals surface area contributed by atoms with Gasteiger partial charge in [-0.3, -0.25) is 4.79 Å². The molecule has 0 aliphatic rings. The summed E-state index contributed by atoms with van der Waals surface area (Å²) in [5, 5.41) is 7.13. The Hall–Kier alpha value is -2.07. The highest BCUT2D eigenvalue weighted by molar-refractivity contribution is 6.30. The van der Waals surface area contributed by atoms with Gasteiger partial charge in [-0.2, -0.15) is 0 Å². The molecule has 2 rings (SSSR count). The van der Waals surface area contributed by atoms with Crippen molar-refractivity contribution in [1.82, 2.24) is 5.16 Å². The lowest BCUT2D eigenvalue weighted by atomic mass is 10.1. The van der Waals surface area contributed by atoms with Gasteiger partial charge in [-0.1, -0.05) is 16.8 Å². The van der Waals surface area contributed by atoms with E-state index in [0.717, 1.165) is 5.69 Å². The SMILES string of the molecule is Cc1cc(N/C=C\C(=O)c2ccc(Cl)cc2)on1. The number of allylic oxidation sites excluding steroid dienone is 1. The standard InChI is InChI=1S/C13H11ClN2O2/c1-9-8-13(18-16-9)15-7-6-12(17)10-2-4-11(14)5-3-10/h2-8,15H,1H3/b7-6-. The summed E-state index contributed by atoms with van der Waals surface area (Å²) in [6.45, 7) is 1.82. The Morgan fingerprint density at radius 2 is 2.11 bits per heavy atom. The normalized spacial score (nSPS) is 10.8. The van der Waals surface area contributed by atoms with Crippen LogP contribution in [0.4, 0.5) is 5.88 Å². The molecule has 1 aromatic heterocycles. The van der Waals surface area contributed by atoms with Crippen LogP contribution >= 0.6 is 11.6 Å². The molecule has 0 fully saturated rings. The summed E-state index contributed by atoms with van der Waals surface area (Å²) in [4.78, 5) is 11.7. The largest absolute Gasteiger partial charge is 0.338 e. The second-order valence-corrected chi connectivity index (χ2v) is 4.12. The number of nitrogens with zero attached hydrogens (tertiary/aromatic N) is 1. The molecule has 0 radical (unpaired) electrons. The maximum absolute atomic E-state index is 11.7. The van der Waals surface area contributed by atoms with Crippen molar-refractivity contribution >= 4 is 23.3 Å². The van der Waals surface area contributed by atoms with Gasteiger partial charge in [0.2, 0.25) is 5.88 Å². The zero-order chi connectivity index (χ0) is 13.0. The third-order valence-electron chi connectivity index (χ3n) is 2.22. The summed E-state index contributed by atoms with van der Waals surface area (Å²) in [5.74, 6) is 0.378. The fourth-order valence-corrected chi connectivity index (χ4v) is 1.47. The molecule has 0 aliphatic carbocycles. The molecule has 1 aromatic carbocycles. The first kappa shape index (κ1) is 12.4.